The number of ether oxygens (including phenoxy) is 2. The monoisotopic (exact) mass is 535 g/mol. The van der Waals surface area contributed by atoms with Crippen molar-refractivity contribution in [1.82, 2.24) is 5.32 Å². The van der Waals surface area contributed by atoms with Crippen molar-refractivity contribution >= 4 is 57.6 Å². The van der Waals surface area contributed by atoms with Gasteiger partial charge >= 0.3 is 11.9 Å². The van der Waals surface area contributed by atoms with Crippen LogP contribution in [0.15, 0.2) is 29.6 Å². The summed E-state index contributed by atoms with van der Waals surface area (Å²) < 4.78 is 10.3. The number of nitro groups is 1. The maximum atomic E-state index is 12.9. The molecule has 36 heavy (non-hydrogen) atoms. The summed E-state index contributed by atoms with van der Waals surface area (Å²) >= 11 is 5.05. The number of nitrogens with one attached hydrogen (secondary N) is 2. The first-order valence-corrected chi connectivity index (χ1v) is 12.4. The molecule has 192 valence electrons. The first-order chi connectivity index (χ1) is 17.1. The minimum Gasteiger partial charge on any atom is -0.462 e. The number of carbonyl (C=O) groups excluding carboxylic acids is 4. The second kappa shape index (κ2) is 12.1. The lowest BCUT2D eigenvalue weighted by atomic mass is 9.90. The maximum absolute atomic E-state index is 12.9. The molecule has 1 aromatic heterocycles. The Balaban J connectivity index is 1.61. The van der Waals surface area contributed by atoms with Gasteiger partial charge in [0.1, 0.15) is 17.5 Å². The zero-order chi connectivity index (χ0) is 26.4. The molecular weight excluding hydrogens is 510 g/mol. The molecule has 0 saturated carbocycles. The number of hydrogen-bond acceptors (Lipinski definition) is 10. The van der Waals surface area contributed by atoms with Crippen LogP contribution in [0, 0.1) is 28.9 Å². The molecule has 1 aliphatic rings. The number of rotatable bonds is 10. The summed E-state index contributed by atoms with van der Waals surface area (Å²) in [6.45, 7) is 3.67. The van der Waals surface area contributed by atoms with Crippen LogP contribution < -0.4 is 10.6 Å². The Morgan fingerprint density at radius 3 is 2.56 bits per heavy atom. The second-order valence-electron chi connectivity index (χ2n) is 8.14. The van der Waals surface area contributed by atoms with E-state index in [1.165, 1.54) is 35.6 Å². The zero-order valence-electron chi connectivity index (χ0n) is 19.5. The second-order valence-corrected chi connectivity index (χ2v) is 9.46. The van der Waals surface area contributed by atoms with Crippen molar-refractivity contribution in [2.75, 3.05) is 18.5 Å². The number of thiophene rings is 1. The van der Waals surface area contributed by atoms with Gasteiger partial charge in [-0.25, -0.2) is 4.79 Å². The number of nitrogens with zero attached hydrogens (tertiary/aromatic N) is 1. The molecule has 0 radical (unpaired) electrons. The molecule has 2 aromatic rings. The summed E-state index contributed by atoms with van der Waals surface area (Å²) in [4.78, 5) is 60.2. The topological polar surface area (TPSA) is 154 Å². The molecule has 3 atom stereocenters. The highest BCUT2D eigenvalue weighted by molar-refractivity contribution is 7.96. The highest BCUT2D eigenvalue weighted by Gasteiger charge is 2.41. The van der Waals surface area contributed by atoms with Crippen molar-refractivity contribution in [3.05, 3.63) is 56.5 Å². The smallest absolute Gasteiger partial charge is 0.341 e. The van der Waals surface area contributed by atoms with Gasteiger partial charge in [-0.2, -0.15) is 0 Å². The Morgan fingerprint density at radius 2 is 1.94 bits per heavy atom. The summed E-state index contributed by atoms with van der Waals surface area (Å²) in [5.41, 5.74) is 1.40. The summed E-state index contributed by atoms with van der Waals surface area (Å²) in [5.74, 6) is -3.46. The van der Waals surface area contributed by atoms with Gasteiger partial charge in [0.2, 0.25) is 5.91 Å². The predicted molar refractivity (Wildman–Crippen MR) is 134 cm³/mol. The molecule has 1 aliphatic heterocycles. The molecule has 0 spiro atoms. The third-order valence-corrected chi connectivity index (χ3v) is 6.98. The molecule has 13 heteroatoms. The summed E-state index contributed by atoms with van der Waals surface area (Å²) in [7, 11) is 0. The van der Waals surface area contributed by atoms with Crippen LogP contribution in [0.3, 0.4) is 0 Å². The fraction of sp³-hybridized carbons (Fsp3) is 0.391. The highest BCUT2D eigenvalue weighted by atomic mass is 32.1. The largest absolute Gasteiger partial charge is 0.462 e. The Morgan fingerprint density at radius 1 is 1.25 bits per heavy atom. The van der Waals surface area contributed by atoms with Gasteiger partial charge in [0.15, 0.2) is 5.12 Å². The van der Waals surface area contributed by atoms with E-state index in [-0.39, 0.29) is 31.9 Å². The molecule has 1 unspecified atom stereocenters. The average molecular weight is 536 g/mol. The Kier molecular flexibility index (Phi) is 9.18. The third kappa shape index (κ3) is 6.47. The molecule has 2 heterocycles. The Bertz CT molecular complexity index is 1160. The van der Waals surface area contributed by atoms with Crippen molar-refractivity contribution < 1.29 is 33.6 Å². The lowest BCUT2D eigenvalue weighted by molar-refractivity contribution is -0.384. The lowest BCUT2D eigenvalue weighted by Gasteiger charge is -2.18. The van der Waals surface area contributed by atoms with Gasteiger partial charge in [-0.05, 0) is 54.8 Å². The number of aryl methyl sites for hydroxylation is 1. The molecule has 1 fully saturated rings. The first kappa shape index (κ1) is 27.3. The number of esters is 2. The van der Waals surface area contributed by atoms with E-state index >= 15 is 0 Å². The molecule has 0 bridgehead atoms. The minimum absolute atomic E-state index is 0.0954. The molecule has 1 saturated heterocycles. The molecule has 2 N–H and O–H groups in total. The van der Waals surface area contributed by atoms with Crippen LogP contribution in [0.2, 0.25) is 0 Å². The van der Waals surface area contributed by atoms with Gasteiger partial charge in [0, 0.05) is 18.7 Å². The summed E-state index contributed by atoms with van der Waals surface area (Å²) in [6.07, 6.45) is 0.175. The van der Waals surface area contributed by atoms with E-state index in [2.05, 4.69) is 23.3 Å². The molecule has 3 rings (SSSR count). The van der Waals surface area contributed by atoms with Crippen LogP contribution in [-0.4, -0.2) is 47.1 Å². The van der Waals surface area contributed by atoms with E-state index in [9.17, 15) is 29.3 Å². The summed E-state index contributed by atoms with van der Waals surface area (Å²) in [6, 6.07) is 4.78. The van der Waals surface area contributed by atoms with Crippen LogP contribution in [0.5, 0.6) is 0 Å². The number of nitro benzene ring substituents is 1. The number of thiol groups is 1. The van der Waals surface area contributed by atoms with Gasteiger partial charge in [0.25, 0.3) is 5.69 Å². The van der Waals surface area contributed by atoms with Crippen LogP contribution in [0.4, 0.5) is 10.7 Å². The first-order valence-electron chi connectivity index (χ1n) is 11.0. The highest BCUT2D eigenvalue weighted by Crippen LogP contribution is 2.31. The van der Waals surface area contributed by atoms with Crippen molar-refractivity contribution in [3.8, 4) is 0 Å². The summed E-state index contributed by atoms with van der Waals surface area (Å²) in [5, 5.41) is 17.9. The van der Waals surface area contributed by atoms with Crippen LogP contribution in [0.25, 0.3) is 0 Å². The third-order valence-electron chi connectivity index (χ3n) is 5.69. The van der Waals surface area contributed by atoms with Gasteiger partial charge in [-0.15, -0.1) is 24.0 Å². The van der Waals surface area contributed by atoms with Gasteiger partial charge in [0.05, 0.1) is 23.1 Å². The number of amides is 1. The lowest BCUT2D eigenvalue weighted by Crippen LogP contribution is -2.35. The van der Waals surface area contributed by atoms with Gasteiger partial charge in [-0.1, -0.05) is 0 Å². The predicted octanol–water partition coefficient (Wildman–Crippen LogP) is 2.87. The average Bonchev–Trinajstić information content (AvgIpc) is 3.45. The zero-order valence-corrected chi connectivity index (χ0v) is 21.2. The van der Waals surface area contributed by atoms with E-state index in [4.69, 9.17) is 9.47 Å². The van der Waals surface area contributed by atoms with Crippen molar-refractivity contribution in [3.63, 3.8) is 0 Å². The molecule has 11 nitrogen and oxygen atoms in total. The van der Waals surface area contributed by atoms with E-state index in [1.807, 2.05) is 0 Å². The molecule has 1 aromatic carbocycles. The Hall–Kier alpha value is -3.29. The SMILES string of the molecule is CCOC(=O)c1c(C)csc1NC(=O)C1C[C@@H]([C@H](C(=O)S)C(=O)OCc2ccc([N+](=O)[O-])cc2)CN1. The Labute approximate surface area is 216 Å². The van der Waals surface area contributed by atoms with Crippen molar-refractivity contribution in [2.24, 2.45) is 11.8 Å². The number of carbonyl (C=O) groups is 4. The minimum atomic E-state index is -1.20. The quantitative estimate of drug-likeness (QED) is 0.137. The van der Waals surface area contributed by atoms with Crippen molar-refractivity contribution in [2.45, 2.75) is 32.9 Å². The van der Waals surface area contributed by atoms with Crippen LogP contribution in [0.1, 0.15) is 34.8 Å². The normalized spacial score (nSPS) is 17.8. The maximum Gasteiger partial charge on any atom is 0.341 e. The molecule has 1 amide bonds. The van der Waals surface area contributed by atoms with E-state index < -0.39 is 45.8 Å². The van der Waals surface area contributed by atoms with E-state index in [1.54, 1.807) is 19.2 Å². The number of non-ortho nitro benzene ring substituents is 1. The fourth-order valence-corrected chi connectivity index (χ4v) is 5.11. The fourth-order valence-electron chi connectivity index (χ4n) is 3.86. The van der Waals surface area contributed by atoms with Crippen LogP contribution >= 0.6 is 24.0 Å². The molecular formula is C23H25N3O8S2. The van der Waals surface area contributed by atoms with E-state index in [0.717, 1.165) is 0 Å². The van der Waals surface area contributed by atoms with Gasteiger partial charge < -0.3 is 20.1 Å². The van der Waals surface area contributed by atoms with Gasteiger partial charge in [-0.3, -0.25) is 24.5 Å². The van der Waals surface area contributed by atoms with Crippen LogP contribution in [-0.2, 0) is 30.5 Å². The standard InChI is InChI=1S/C23H25N3O8S2/c1-3-33-21(28)17-12(2)11-36-20(17)25-19(27)16-8-14(9-24-16)18(23(30)35)22(29)34-10-13-4-6-15(7-5-13)26(31)32/h4-7,11,14,16,18,24H,3,8-10H2,1-2H3,(H,25,27)(H,30,35)/t14-,16?,18+/m1/s1. The number of anilines is 1. The number of hydrogen-bond donors (Lipinski definition) is 3. The van der Waals surface area contributed by atoms with E-state index in [0.29, 0.717) is 21.7 Å². The van der Waals surface area contributed by atoms with Crippen molar-refractivity contribution in [1.29, 1.82) is 0 Å². The molecule has 0 aliphatic carbocycles. The number of benzene rings is 1.